The molecule has 1 N–H and O–H groups in total. The maximum Gasteiger partial charge on any atom is 0.257 e. The summed E-state index contributed by atoms with van der Waals surface area (Å²) in [6.07, 6.45) is 2.94. The molecule has 0 unspecified atom stereocenters. The van der Waals surface area contributed by atoms with Crippen LogP contribution in [0.15, 0.2) is 27.7 Å². The minimum absolute atomic E-state index is 0.392. The quantitative estimate of drug-likeness (QED) is 0.735. The van der Waals surface area contributed by atoms with Crippen molar-refractivity contribution >= 4 is 29.0 Å². The van der Waals surface area contributed by atoms with E-state index in [0.29, 0.717) is 17.1 Å². The molecule has 19 heavy (non-hydrogen) atoms. The van der Waals surface area contributed by atoms with E-state index in [9.17, 15) is 0 Å². The van der Waals surface area contributed by atoms with Crippen LogP contribution >= 0.6 is 23.1 Å². The Hall–Kier alpha value is -2.14. The molecule has 0 aliphatic rings. The van der Waals surface area contributed by atoms with E-state index in [-0.39, 0.29) is 0 Å². The van der Waals surface area contributed by atoms with Crippen molar-refractivity contribution in [3.05, 3.63) is 18.2 Å². The van der Waals surface area contributed by atoms with Crippen LogP contribution in [0.1, 0.15) is 0 Å². The molecule has 0 bridgehead atoms. The highest BCUT2D eigenvalue weighted by molar-refractivity contribution is 8.00. The largest absolute Gasteiger partial charge is 0.357 e. The average molecular weight is 293 g/mol. The summed E-state index contributed by atoms with van der Waals surface area (Å²) in [6, 6.07) is 0. The first-order chi connectivity index (χ1) is 9.35. The fourth-order valence-electron chi connectivity index (χ4n) is 1.20. The van der Waals surface area contributed by atoms with E-state index < -0.39 is 0 Å². The van der Waals surface area contributed by atoms with Gasteiger partial charge in [-0.1, -0.05) is 11.3 Å². The molecule has 3 rings (SSSR count). The average Bonchev–Trinajstić information content (AvgIpc) is 3.11. The second-order valence-electron chi connectivity index (χ2n) is 3.14. The zero-order chi connectivity index (χ0) is 13.1. The van der Waals surface area contributed by atoms with Gasteiger partial charge in [-0.15, -0.1) is 10.2 Å². The first-order valence-corrected chi connectivity index (χ1v) is 6.77. The van der Waals surface area contributed by atoms with Crippen molar-refractivity contribution in [3.63, 3.8) is 0 Å². The Morgan fingerprint density at radius 3 is 2.95 bits per heavy atom. The van der Waals surface area contributed by atoms with E-state index >= 15 is 0 Å². The number of hydrogen-bond acceptors (Lipinski definition) is 10. The van der Waals surface area contributed by atoms with Crippen LogP contribution in [0.3, 0.4) is 0 Å². The first kappa shape index (κ1) is 11.9. The number of aromatic nitrogens is 8. The first-order valence-electron chi connectivity index (χ1n) is 5.08. The summed E-state index contributed by atoms with van der Waals surface area (Å²) in [5.74, 6) is 0.844. The van der Waals surface area contributed by atoms with E-state index in [0.717, 1.165) is 4.34 Å². The molecule has 9 nitrogen and oxygen atoms in total. The lowest BCUT2D eigenvalue weighted by Crippen LogP contribution is -2.07. The number of nitrogens with zero attached hydrogens (tertiary/aromatic N) is 8. The SMILES string of the molecule is CNc1nc(Sc2nncs2)nc(-n2cncn2)n1. The molecular weight excluding hydrogens is 286 g/mol. The van der Waals surface area contributed by atoms with Crippen LogP contribution < -0.4 is 5.32 Å². The number of rotatable bonds is 4. The third-order valence-electron chi connectivity index (χ3n) is 1.97. The molecule has 0 fully saturated rings. The predicted molar refractivity (Wildman–Crippen MR) is 68.3 cm³/mol. The van der Waals surface area contributed by atoms with Crippen molar-refractivity contribution in [2.45, 2.75) is 9.50 Å². The third-order valence-corrected chi connectivity index (χ3v) is 3.61. The Bertz CT molecular complexity index is 651. The van der Waals surface area contributed by atoms with Crippen LogP contribution in [-0.2, 0) is 0 Å². The van der Waals surface area contributed by atoms with Crippen LogP contribution in [0.4, 0.5) is 5.95 Å². The molecule has 0 saturated heterocycles. The molecule has 96 valence electrons. The van der Waals surface area contributed by atoms with E-state index in [1.54, 1.807) is 12.6 Å². The monoisotopic (exact) mass is 293 g/mol. The summed E-state index contributed by atoms with van der Waals surface area (Å²) in [5.41, 5.74) is 1.65. The summed E-state index contributed by atoms with van der Waals surface area (Å²) in [6.45, 7) is 0. The van der Waals surface area contributed by atoms with Crippen LogP contribution in [0, 0.1) is 0 Å². The maximum atomic E-state index is 4.30. The van der Waals surface area contributed by atoms with Gasteiger partial charge in [0.2, 0.25) is 11.1 Å². The number of nitrogens with one attached hydrogen (secondary N) is 1. The third kappa shape index (κ3) is 2.66. The Morgan fingerprint density at radius 2 is 2.26 bits per heavy atom. The lowest BCUT2D eigenvalue weighted by Gasteiger charge is -2.04. The smallest absolute Gasteiger partial charge is 0.257 e. The minimum atomic E-state index is 0.392. The van der Waals surface area contributed by atoms with Gasteiger partial charge in [-0.2, -0.15) is 24.7 Å². The molecule has 3 aromatic rings. The second-order valence-corrected chi connectivity index (χ2v) is 5.19. The summed E-state index contributed by atoms with van der Waals surface area (Å²) in [7, 11) is 1.74. The predicted octanol–water partition coefficient (Wildman–Crippen LogP) is 0.497. The van der Waals surface area contributed by atoms with E-state index in [1.165, 1.54) is 40.4 Å². The van der Waals surface area contributed by atoms with Crippen molar-refractivity contribution in [2.24, 2.45) is 0 Å². The van der Waals surface area contributed by atoms with Gasteiger partial charge in [-0.25, -0.2) is 4.98 Å². The lowest BCUT2D eigenvalue weighted by molar-refractivity contribution is 0.760. The van der Waals surface area contributed by atoms with E-state index in [4.69, 9.17) is 0 Å². The van der Waals surface area contributed by atoms with Crippen molar-refractivity contribution in [1.82, 2.24) is 39.9 Å². The van der Waals surface area contributed by atoms with Gasteiger partial charge in [-0.05, 0) is 11.8 Å². The second kappa shape index (κ2) is 5.24. The molecular formula is C8H7N9S2. The number of anilines is 1. The maximum absolute atomic E-state index is 4.30. The van der Waals surface area contributed by atoms with Crippen molar-refractivity contribution in [2.75, 3.05) is 12.4 Å². The van der Waals surface area contributed by atoms with E-state index in [2.05, 4.69) is 40.5 Å². The molecule has 3 aromatic heterocycles. The van der Waals surface area contributed by atoms with Crippen molar-refractivity contribution < 1.29 is 0 Å². The highest BCUT2D eigenvalue weighted by Gasteiger charge is 2.10. The van der Waals surface area contributed by atoms with Crippen LogP contribution in [0.25, 0.3) is 5.95 Å². The zero-order valence-corrected chi connectivity index (χ0v) is 11.3. The van der Waals surface area contributed by atoms with Crippen LogP contribution in [-0.4, -0.2) is 47.0 Å². The van der Waals surface area contributed by atoms with Crippen LogP contribution in [0.2, 0.25) is 0 Å². The minimum Gasteiger partial charge on any atom is -0.357 e. The molecule has 11 heteroatoms. The molecule has 0 atom stereocenters. The normalized spacial score (nSPS) is 10.6. The van der Waals surface area contributed by atoms with Crippen molar-refractivity contribution in [3.8, 4) is 5.95 Å². The Labute approximate surface area is 115 Å². The van der Waals surface area contributed by atoms with E-state index in [1.807, 2.05) is 0 Å². The highest BCUT2D eigenvalue weighted by Crippen LogP contribution is 2.26. The van der Waals surface area contributed by atoms with Crippen molar-refractivity contribution in [1.29, 1.82) is 0 Å². The summed E-state index contributed by atoms with van der Waals surface area (Å²) in [5, 5.41) is 15.1. The van der Waals surface area contributed by atoms with Gasteiger partial charge in [0.25, 0.3) is 5.95 Å². The lowest BCUT2D eigenvalue weighted by atomic mass is 10.8. The van der Waals surface area contributed by atoms with Gasteiger partial charge in [0, 0.05) is 7.05 Å². The fraction of sp³-hybridized carbons (Fsp3) is 0.125. The molecule has 0 amide bonds. The molecule has 0 radical (unpaired) electrons. The topological polar surface area (TPSA) is 107 Å². The van der Waals surface area contributed by atoms with Gasteiger partial charge in [0.05, 0.1) is 0 Å². The molecule has 0 spiro atoms. The molecule has 0 aromatic carbocycles. The number of hydrogen-bond donors (Lipinski definition) is 1. The molecule has 0 saturated carbocycles. The Balaban J connectivity index is 1.98. The summed E-state index contributed by atoms with van der Waals surface area (Å²) in [4.78, 5) is 16.6. The van der Waals surface area contributed by atoms with Gasteiger partial charge in [-0.3, -0.25) is 0 Å². The molecule has 3 heterocycles. The van der Waals surface area contributed by atoms with Gasteiger partial charge >= 0.3 is 0 Å². The van der Waals surface area contributed by atoms with Gasteiger partial charge < -0.3 is 5.32 Å². The highest BCUT2D eigenvalue weighted by atomic mass is 32.2. The molecule has 0 aliphatic carbocycles. The summed E-state index contributed by atoms with van der Waals surface area (Å²) >= 11 is 2.74. The summed E-state index contributed by atoms with van der Waals surface area (Å²) < 4.78 is 2.23. The Morgan fingerprint density at radius 1 is 1.32 bits per heavy atom. The fourth-order valence-corrected chi connectivity index (χ4v) is 2.53. The van der Waals surface area contributed by atoms with Crippen LogP contribution in [0.5, 0.6) is 0 Å². The standard InChI is InChI=1S/C8H7N9S2/c1-9-5-13-6(17-3-10-2-12-17)15-7(14-5)19-8-16-11-4-18-8/h2-4H,1H3,(H,9,13,14,15). The van der Waals surface area contributed by atoms with Gasteiger partial charge in [0.1, 0.15) is 18.2 Å². The van der Waals surface area contributed by atoms with Gasteiger partial charge in [0.15, 0.2) is 4.34 Å². The zero-order valence-electron chi connectivity index (χ0n) is 9.63. The Kier molecular flexibility index (Phi) is 3.29. The molecule has 0 aliphatic heterocycles.